The van der Waals surface area contributed by atoms with E-state index in [4.69, 9.17) is 9.47 Å². The zero-order chi connectivity index (χ0) is 15.8. The molecule has 1 aromatic carbocycles. The monoisotopic (exact) mass is 335 g/mol. The number of aromatic nitrogens is 1. The molecule has 0 bridgehead atoms. The summed E-state index contributed by atoms with van der Waals surface area (Å²) in [5.74, 6) is 1.12. The summed E-state index contributed by atoms with van der Waals surface area (Å²) in [7, 11) is 3.16. The second kappa shape index (κ2) is 9.42. The quantitative estimate of drug-likeness (QED) is 0.383. The molecule has 0 aliphatic heterocycles. The number of carbonyl (C=O) groups is 1. The van der Waals surface area contributed by atoms with Crippen molar-refractivity contribution in [2.45, 2.75) is 6.54 Å². The number of amides is 1. The van der Waals surface area contributed by atoms with Gasteiger partial charge in [0.25, 0.3) is 0 Å². The highest BCUT2D eigenvalue weighted by molar-refractivity contribution is 5.85. The van der Waals surface area contributed by atoms with Crippen molar-refractivity contribution in [2.75, 3.05) is 14.2 Å². The van der Waals surface area contributed by atoms with Crippen LogP contribution in [0.3, 0.4) is 0 Å². The van der Waals surface area contributed by atoms with Crippen LogP contribution in [-0.2, 0) is 11.3 Å². The standard InChI is InChI=1S/C16H17N3O3.ClH/c1-21-14-6-7-15(22-2)13(10-14)11-17-18-16(20)12-19-8-4-3-5-9-19;/h3-11H,12H2,1-2H3;1H. The number of rotatable bonds is 6. The van der Waals surface area contributed by atoms with Crippen molar-refractivity contribution in [3.63, 3.8) is 0 Å². The number of hydrogen-bond donors (Lipinski definition) is 1. The van der Waals surface area contributed by atoms with Gasteiger partial charge in [-0.25, -0.2) is 5.43 Å². The molecule has 2 aromatic rings. The number of hydrazone groups is 1. The summed E-state index contributed by atoms with van der Waals surface area (Å²) in [6.07, 6.45) is 5.15. The van der Waals surface area contributed by atoms with Gasteiger partial charge in [0, 0.05) is 17.7 Å². The highest BCUT2D eigenvalue weighted by atomic mass is 35.5. The van der Waals surface area contributed by atoms with Crippen molar-refractivity contribution in [3.05, 3.63) is 54.4 Å². The van der Waals surface area contributed by atoms with Crippen LogP contribution in [0.5, 0.6) is 11.5 Å². The van der Waals surface area contributed by atoms with Gasteiger partial charge in [0.1, 0.15) is 11.5 Å². The largest absolute Gasteiger partial charge is 1.00 e. The molecule has 1 amide bonds. The van der Waals surface area contributed by atoms with Gasteiger partial charge in [-0.3, -0.25) is 4.79 Å². The molecule has 0 fully saturated rings. The van der Waals surface area contributed by atoms with E-state index in [-0.39, 0.29) is 24.9 Å². The van der Waals surface area contributed by atoms with Crippen LogP contribution in [0.25, 0.3) is 0 Å². The van der Waals surface area contributed by atoms with Crippen LogP contribution in [0.1, 0.15) is 5.56 Å². The first kappa shape index (κ1) is 18.4. The van der Waals surface area contributed by atoms with E-state index >= 15 is 0 Å². The van der Waals surface area contributed by atoms with Crippen molar-refractivity contribution in [1.29, 1.82) is 0 Å². The minimum absolute atomic E-state index is 0. The molecule has 7 heteroatoms. The molecule has 0 atom stereocenters. The minimum Gasteiger partial charge on any atom is -1.00 e. The number of pyridine rings is 1. The molecular formula is C16H18ClN3O3. The maximum atomic E-state index is 11.8. The highest BCUT2D eigenvalue weighted by Gasteiger charge is 2.07. The number of hydrogen-bond acceptors (Lipinski definition) is 4. The lowest BCUT2D eigenvalue weighted by molar-refractivity contribution is -0.684. The first-order chi connectivity index (χ1) is 10.7. The highest BCUT2D eigenvalue weighted by Crippen LogP contribution is 2.22. The Labute approximate surface area is 141 Å². The fourth-order valence-electron chi connectivity index (χ4n) is 1.86. The molecule has 0 aliphatic rings. The Hall–Kier alpha value is -2.60. The lowest BCUT2D eigenvalue weighted by atomic mass is 10.2. The van der Waals surface area contributed by atoms with Gasteiger partial charge in [-0.2, -0.15) is 9.67 Å². The van der Waals surface area contributed by atoms with Crippen molar-refractivity contribution < 1.29 is 31.2 Å². The summed E-state index contributed by atoms with van der Waals surface area (Å²) in [4.78, 5) is 11.8. The van der Waals surface area contributed by atoms with Gasteiger partial charge in [-0.1, -0.05) is 6.07 Å². The molecule has 122 valence electrons. The first-order valence-corrected chi connectivity index (χ1v) is 6.71. The number of nitrogens with zero attached hydrogens (tertiary/aromatic N) is 2. The summed E-state index contributed by atoms with van der Waals surface area (Å²) in [5.41, 5.74) is 3.20. The fraction of sp³-hybridized carbons (Fsp3) is 0.188. The topological polar surface area (TPSA) is 63.8 Å². The van der Waals surface area contributed by atoms with Gasteiger partial charge in [0.05, 0.1) is 20.4 Å². The van der Waals surface area contributed by atoms with Crippen LogP contribution >= 0.6 is 0 Å². The SMILES string of the molecule is COc1ccc(OC)c(C=NNC(=O)C[n+]2ccccc2)c1.[Cl-]. The second-order valence-electron chi connectivity index (χ2n) is 4.45. The Kier molecular flexibility index (Phi) is 7.56. The lowest BCUT2D eigenvalue weighted by Gasteiger charge is -2.06. The van der Waals surface area contributed by atoms with Crippen LogP contribution in [-0.4, -0.2) is 26.3 Å². The van der Waals surface area contributed by atoms with Crippen LogP contribution in [0, 0.1) is 0 Å². The van der Waals surface area contributed by atoms with E-state index in [2.05, 4.69) is 10.5 Å². The van der Waals surface area contributed by atoms with Crippen LogP contribution < -0.4 is 31.9 Å². The van der Waals surface area contributed by atoms with E-state index in [9.17, 15) is 4.79 Å². The molecule has 2 rings (SSSR count). The minimum atomic E-state index is -0.214. The molecule has 0 unspecified atom stereocenters. The van der Waals surface area contributed by atoms with Gasteiger partial charge in [0.2, 0.25) is 6.54 Å². The average Bonchev–Trinajstić information content (AvgIpc) is 2.55. The maximum absolute atomic E-state index is 11.8. The van der Waals surface area contributed by atoms with E-state index < -0.39 is 0 Å². The normalized spacial score (nSPS) is 10.0. The van der Waals surface area contributed by atoms with Crippen molar-refractivity contribution in [3.8, 4) is 11.5 Å². The predicted octanol–water partition coefficient (Wildman–Crippen LogP) is -1.85. The Morgan fingerprint density at radius 3 is 2.61 bits per heavy atom. The average molecular weight is 336 g/mol. The zero-order valence-electron chi connectivity index (χ0n) is 12.9. The third-order valence-electron chi connectivity index (χ3n) is 2.93. The molecule has 23 heavy (non-hydrogen) atoms. The second-order valence-corrected chi connectivity index (χ2v) is 4.45. The molecule has 1 heterocycles. The molecule has 6 nitrogen and oxygen atoms in total. The Balaban J connectivity index is 0.00000264. The van der Waals surface area contributed by atoms with E-state index in [1.54, 1.807) is 37.0 Å². The summed E-state index contributed by atoms with van der Waals surface area (Å²) in [6.45, 7) is 0.202. The van der Waals surface area contributed by atoms with Gasteiger partial charge >= 0.3 is 5.91 Å². The van der Waals surface area contributed by atoms with E-state index in [0.717, 1.165) is 5.56 Å². The van der Waals surface area contributed by atoms with Crippen LogP contribution in [0.4, 0.5) is 0 Å². The van der Waals surface area contributed by atoms with Gasteiger partial charge in [-0.05, 0) is 18.2 Å². The van der Waals surface area contributed by atoms with Crippen molar-refractivity contribution >= 4 is 12.1 Å². The molecule has 0 saturated heterocycles. The third kappa shape index (κ3) is 5.60. The zero-order valence-corrected chi connectivity index (χ0v) is 13.7. The number of nitrogens with one attached hydrogen (secondary N) is 1. The summed E-state index contributed by atoms with van der Waals surface area (Å²) >= 11 is 0. The number of benzene rings is 1. The van der Waals surface area contributed by atoms with Gasteiger partial charge in [-0.15, -0.1) is 0 Å². The lowest BCUT2D eigenvalue weighted by Crippen LogP contribution is -3.00. The first-order valence-electron chi connectivity index (χ1n) is 6.71. The third-order valence-corrected chi connectivity index (χ3v) is 2.93. The van der Waals surface area contributed by atoms with E-state index in [0.29, 0.717) is 11.5 Å². The van der Waals surface area contributed by atoms with E-state index in [1.807, 2.05) is 30.6 Å². The number of halogens is 1. The number of ether oxygens (including phenoxy) is 2. The van der Waals surface area contributed by atoms with Crippen molar-refractivity contribution in [2.24, 2.45) is 5.10 Å². The molecule has 1 N–H and O–H groups in total. The molecule has 0 spiro atoms. The summed E-state index contributed by atoms with van der Waals surface area (Å²) in [5, 5.41) is 3.95. The van der Waals surface area contributed by atoms with Crippen molar-refractivity contribution in [1.82, 2.24) is 5.43 Å². The van der Waals surface area contributed by atoms with Crippen LogP contribution in [0.2, 0.25) is 0 Å². The molecule has 0 saturated carbocycles. The smallest absolute Gasteiger partial charge is 0.305 e. The predicted molar refractivity (Wildman–Crippen MR) is 81.9 cm³/mol. The molecule has 0 radical (unpaired) electrons. The molecular weight excluding hydrogens is 318 g/mol. The summed E-state index contributed by atoms with van der Waals surface area (Å²) in [6, 6.07) is 11.0. The Morgan fingerprint density at radius 1 is 1.22 bits per heavy atom. The fourth-order valence-corrected chi connectivity index (χ4v) is 1.86. The Bertz CT molecular complexity index is 663. The van der Waals surface area contributed by atoms with Gasteiger partial charge < -0.3 is 21.9 Å². The van der Waals surface area contributed by atoms with Gasteiger partial charge in [0.15, 0.2) is 12.4 Å². The number of methoxy groups -OCH3 is 2. The summed E-state index contributed by atoms with van der Waals surface area (Å²) < 4.78 is 12.1. The maximum Gasteiger partial charge on any atom is 0.305 e. The van der Waals surface area contributed by atoms with Crippen LogP contribution in [0.15, 0.2) is 53.9 Å². The Morgan fingerprint density at radius 2 is 1.96 bits per heavy atom. The molecule has 0 aliphatic carbocycles. The van der Waals surface area contributed by atoms with E-state index in [1.165, 1.54) is 6.21 Å². The molecule has 1 aromatic heterocycles. The number of carbonyl (C=O) groups excluding carboxylic acids is 1.